The average molecular weight is 233 g/mol. The second-order valence-corrected chi connectivity index (χ2v) is 3.29. The first-order valence-corrected chi connectivity index (χ1v) is 4.36. The molecule has 3 nitrogen and oxygen atoms in total. The summed E-state index contributed by atoms with van der Waals surface area (Å²) in [4.78, 5) is 11.9. The fourth-order valence-electron chi connectivity index (χ4n) is 1.17. The highest BCUT2D eigenvalue weighted by atomic mass is 19.4. The standard InChI is InChI=1S/C10H10F3NO2/c1-14(2)8-5-7(6-15)3-4-9(8)16-10(11,12)13/h3-6H,1-2H3. The zero-order chi connectivity index (χ0) is 12.3. The summed E-state index contributed by atoms with van der Waals surface area (Å²) < 4.78 is 40.0. The number of aldehydes is 1. The van der Waals surface area contributed by atoms with Crippen LogP contribution in [0.15, 0.2) is 18.2 Å². The van der Waals surface area contributed by atoms with Crippen molar-refractivity contribution in [1.29, 1.82) is 0 Å². The van der Waals surface area contributed by atoms with Crippen LogP contribution < -0.4 is 9.64 Å². The van der Waals surface area contributed by atoms with Gasteiger partial charge in [-0.2, -0.15) is 0 Å². The minimum absolute atomic E-state index is 0.196. The Kier molecular flexibility index (Phi) is 3.41. The van der Waals surface area contributed by atoms with E-state index in [2.05, 4.69) is 4.74 Å². The smallest absolute Gasteiger partial charge is 0.404 e. The highest BCUT2D eigenvalue weighted by molar-refractivity contribution is 5.78. The summed E-state index contributed by atoms with van der Waals surface area (Å²) in [5, 5.41) is 0. The van der Waals surface area contributed by atoms with Crippen molar-refractivity contribution < 1.29 is 22.7 Å². The molecule has 0 spiro atoms. The monoisotopic (exact) mass is 233 g/mol. The van der Waals surface area contributed by atoms with Gasteiger partial charge in [0.15, 0.2) is 5.75 Å². The molecule has 0 aliphatic heterocycles. The molecule has 0 N–H and O–H groups in total. The number of rotatable bonds is 3. The molecule has 6 heteroatoms. The van der Waals surface area contributed by atoms with Crippen LogP contribution in [-0.2, 0) is 0 Å². The molecular formula is C10H10F3NO2. The lowest BCUT2D eigenvalue weighted by molar-refractivity contribution is -0.274. The maximum absolute atomic E-state index is 12.1. The molecule has 0 aliphatic rings. The molecule has 0 saturated carbocycles. The molecule has 0 bridgehead atoms. The Morgan fingerprint density at radius 1 is 1.31 bits per heavy atom. The third-order valence-electron chi connectivity index (χ3n) is 1.83. The highest BCUT2D eigenvalue weighted by Gasteiger charge is 2.32. The fourth-order valence-corrected chi connectivity index (χ4v) is 1.17. The molecule has 0 aliphatic carbocycles. The number of carbonyl (C=O) groups is 1. The second-order valence-electron chi connectivity index (χ2n) is 3.29. The van der Waals surface area contributed by atoms with Gasteiger partial charge >= 0.3 is 6.36 Å². The van der Waals surface area contributed by atoms with Gasteiger partial charge in [-0.1, -0.05) is 0 Å². The summed E-state index contributed by atoms with van der Waals surface area (Å²) in [6.07, 6.45) is -4.18. The molecule has 0 amide bonds. The van der Waals surface area contributed by atoms with Crippen LogP contribution in [0.2, 0.25) is 0 Å². The number of halogens is 3. The largest absolute Gasteiger partial charge is 0.573 e. The van der Waals surface area contributed by atoms with E-state index in [0.29, 0.717) is 11.8 Å². The van der Waals surface area contributed by atoms with E-state index < -0.39 is 6.36 Å². The Bertz CT molecular complexity index is 388. The van der Waals surface area contributed by atoms with Gasteiger partial charge in [0.05, 0.1) is 5.69 Å². The van der Waals surface area contributed by atoms with Crippen LogP contribution in [0.5, 0.6) is 5.75 Å². The molecule has 0 heterocycles. The van der Waals surface area contributed by atoms with E-state index in [1.807, 2.05) is 0 Å². The van der Waals surface area contributed by atoms with Gasteiger partial charge < -0.3 is 9.64 Å². The first-order chi connectivity index (χ1) is 7.33. The Balaban J connectivity index is 3.13. The molecule has 1 aromatic carbocycles. The number of ether oxygens (including phenoxy) is 1. The lowest BCUT2D eigenvalue weighted by Gasteiger charge is -2.18. The number of carbonyl (C=O) groups excluding carboxylic acids is 1. The maximum atomic E-state index is 12.1. The molecule has 0 aromatic heterocycles. The van der Waals surface area contributed by atoms with Crippen LogP contribution in [-0.4, -0.2) is 26.7 Å². The fraction of sp³-hybridized carbons (Fsp3) is 0.300. The van der Waals surface area contributed by atoms with Crippen molar-refractivity contribution in [2.24, 2.45) is 0 Å². The number of nitrogens with zero attached hydrogens (tertiary/aromatic N) is 1. The van der Waals surface area contributed by atoms with Crippen molar-refractivity contribution in [3.05, 3.63) is 23.8 Å². The topological polar surface area (TPSA) is 29.5 Å². The third-order valence-corrected chi connectivity index (χ3v) is 1.83. The Labute approximate surface area is 90.4 Å². The van der Waals surface area contributed by atoms with Crippen LogP contribution in [0.25, 0.3) is 0 Å². The first-order valence-electron chi connectivity index (χ1n) is 4.36. The number of hydrogen-bond acceptors (Lipinski definition) is 3. The van der Waals surface area contributed by atoms with Crippen molar-refractivity contribution in [3.63, 3.8) is 0 Å². The van der Waals surface area contributed by atoms with E-state index in [1.165, 1.54) is 17.0 Å². The van der Waals surface area contributed by atoms with Gasteiger partial charge in [-0.25, -0.2) is 0 Å². The number of hydrogen-bond donors (Lipinski definition) is 0. The summed E-state index contributed by atoms with van der Waals surface area (Å²) in [7, 11) is 3.13. The number of anilines is 1. The average Bonchev–Trinajstić information content (AvgIpc) is 2.15. The van der Waals surface area contributed by atoms with Gasteiger partial charge in [-0.15, -0.1) is 13.2 Å². The van der Waals surface area contributed by atoms with Gasteiger partial charge in [0, 0.05) is 19.7 Å². The predicted octanol–water partition coefficient (Wildman–Crippen LogP) is 2.46. The van der Waals surface area contributed by atoms with Crippen LogP contribution >= 0.6 is 0 Å². The molecule has 0 radical (unpaired) electrons. The molecular weight excluding hydrogens is 223 g/mol. The summed E-state index contributed by atoms with van der Waals surface area (Å²) in [5.74, 6) is -0.330. The predicted molar refractivity (Wildman–Crippen MR) is 52.8 cm³/mol. The van der Waals surface area contributed by atoms with Crippen molar-refractivity contribution in [3.8, 4) is 5.75 Å². The zero-order valence-electron chi connectivity index (χ0n) is 8.71. The molecule has 0 atom stereocenters. The van der Waals surface area contributed by atoms with E-state index in [4.69, 9.17) is 0 Å². The lowest BCUT2D eigenvalue weighted by atomic mass is 10.2. The highest BCUT2D eigenvalue weighted by Crippen LogP contribution is 2.32. The molecule has 0 fully saturated rings. The van der Waals surface area contributed by atoms with Crippen molar-refractivity contribution >= 4 is 12.0 Å². The number of benzene rings is 1. The van der Waals surface area contributed by atoms with Crippen LogP contribution in [0, 0.1) is 0 Å². The van der Waals surface area contributed by atoms with E-state index in [0.717, 1.165) is 6.07 Å². The second kappa shape index (κ2) is 4.42. The molecule has 0 unspecified atom stereocenters. The van der Waals surface area contributed by atoms with Gasteiger partial charge in [-0.3, -0.25) is 4.79 Å². The Hall–Kier alpha value is -1.72. The minimum atomic E-state index is -4.74. The summed E-state index contributed by atoms with van der Waals surface area (Å²) in [6.45, 7) is 0. The maximum Gasteiger partial charge on any atom is 0.573 e. The van der Waals surface area contributed by atoms with Gasteiger partial charge in [0.25, 0.3) is 0 Å². The summed E-state index contributed by atoms with van der Waals surface area (Å²) in [6, 6.07) is 3.71. The lowest BCUT2D eigenvalue weighted by Crippen LogP contribution is -2.20. The molecule has 16 heavy (non-hydrogen) atoms. The van der Waals surface area contributed by atoms with Crippen molar-refractivity contribution in [1.82, 2.24) is 0 Å². The Morgan fingerprint density at radius 3 is 2.38 bits per heavy atom. The quantitative estimate of drug-likeness (QED) is 0.751. The van der Waals surface area contributed by atoms with E-state index >= 15 is 0 Å². The van der Waals surface area contributed by atoms with Crippen molar-refractivity contribution in [2.75, 3.05) is 19.0 Å². The normalized spacial score (nSPS) is 11.1. The summed E-state index contributed by atoms with van der Waals surface area (Å²) >= 11 is 0. The van der Waals surface area contributed by atoms with Gasteiger partial charge in [0.1, 0.15) is 6.29 Å². The Morgan fingerprint density at radius 2 is 1.94 bits per heavy atom. The zero-order valence-corrected chi connectivity index (χ0v) is 8.71. The molecule has 0 saturated heterocycles. The van der Waals surface area contributed by atoms with Gasteiger partial charge in [0.2, 0.25) is 0 Å². The summed E-state index contributed by atoms with van der Waals surface area (Å²) in [5.41, 5.74) is 0.486. The van der Waals surface area contributed by atoms with Crippen LogP contribution in [0.4, 0.5) is 18.9 Å². The molecule has 1 aromatic rings. The SMILES string of the molecule is CN(C)c1cc(C=O)ccc1OC(F)(F)F. The third kappa shape index (κ3) is 3.15. The minimum Gasteiger partial charge on any atom is -0.404 e. The number of alkyl halides is 3. The first kappa shape index (κ1) is 12.4. The van der Waals surface area contributed by atoms with Crippen LogP contribution in [0.3, 0.4) is 0 Å². The van der Waals surface area contributed by atoms with E-state index in [9.17, 15) is 18.0 Å². The van der Waals surface area contributed by atoms with E-state index in [1.54, 1.807) is 14.1 Å². The molecule has 1 rings (SSSR count). The van der Waals surface area contributed by atoms with Crippen LogP contribution in [0.1, 0.15) is 10.4 Å². The van der Waals surface area contributed by atoms with Crippen molar-refractivity contribution in [2.45, 2.75) is 6.36 Å². The van der Waals surface area contributed by atoms with Gasteiger partial charge in [-0.05, 0) is 18.2 Å². The van der Waals surface area contributed by atoms with E-state index in [-0.39, 0.29) is 11.4 Å². The molecule has 88 valence electrons.